The molecule has 1 unspecified atom stereocenters. The zero-order valence-corrected chi connectivity index (χ0v) is 13.7. The molecule has 0 saturated carbocycles. The molecule has 0 amide bonds. The Morgan fingerprint density at radius 1 is 1.29 bits per heavy atom. The molecule has 1 heterocycles. The molecule has 21 heavy (non-hydrogen) atoms. The summed E-state index contributed by atoms with van der Waals surface area (Å²) in [6.45, 7) is 3.61. The molecule has 114 valence electrons. The molecule has 0 radical (unpaired) electrons. The molecule has 0 fully saturated rings. The second kappa shape index (κ2) is 6.70. The number of sulfonamides is 1. The van der Waals surface area contributed by atoms with Crippen LogP contribution in [0.25, 0.3) is 0 Å². The SMILES string of the molecule is CCC(NS(=O)(=O)c1cc(C)c(CO)s1)c1ccccc1. The minimum atomic E-state index is -3.57. The number of aryl methyl sites for hydroxylation is 1. The summed E-state index contributed by atoms with van der Waals surface area (Å²) >= 11 is 1.11. The van der Waals surface area contributed by atoms with Gasteiger partial charge in [-0.3, -0.25) is 0 Å². The van der Waals surface area contributed by atoms with Gasteiger partial charge in [0.1, 0.15) is 4.21 Å². The normalized spacial score (nSPS) is 13.3. The molecule has 2 rings (SSSR count). The maximum atomic E-state index is 12.5. The molecule has 0 spiro atoms. The highest BCUT2D eigenvalue weighted by atomic mass is 32.2. The van der Waals surface area contributed by atoms with Crippen LogP contribution < -0.4 is 4.72 Å². The van der Waals surface area contributed by atoms with Crippen LogP contribution in [0.5, 0.6) is 0 Å². The summed E-state index contributed by atoms with van der Waals surface area (Å²) in [5.74, 6) is 0. The number of hydrogen-bond donors (Lipinski definition) is 2. The van der Waals surface area contributed by atoms with Crippen LogP contribution in [0.2, 0.25) is 0 Å². The van der Waals surface area contributed by atoms with Crippen LogP contribution >= 0.6 is 11.3 Å². The lowest BCUT2D eigenvalue weighted by molar-refractivity contribution is 0.285. The summed E-state index contributed by atoms with van der Waals surface area (Å²) < 4.78 is 27.9. The van der Waals surface area contributed by atoms with Crippen molar-refractivity contribution < 1.29 is 13.5 Å². The van der Waals surface area contributed by atoms with Gasteiger partial charge in [-0.05, 0) is 30.5 Å². The Balaban J connectivity index is 2.27. The van der Waals surface area contributed by atoms with E-state index < -0.39 is 10.0 Å². The van der Waals surface area contributed by atoms with E-state index in [4.69, 9.17) is 0 Å². The number of hydrogen-bond acceptors (Lipinski definition) is 4. The minimum Gasteiger partial charge on any atom is -0.391 e. The minimum absolute atomic E-state index is 0.137. The van der Waals surface area contributed by atoms with Gasteiger partial charge in [-0.2, -0.15) is 0 Å². The fourth-order valence-corrected chi connectivity index (χ4v) is 4.87. The Labute approximate surface area is 129 Å². The molecule has 0 aliphatic carbocycles. The summed E-state index contributed by atoms with van der Waals surface area (Å²) in [7, 11) is -3.57. The molecular formula is C15H19NO3S2. The van der Waals surface area contributed by atoms with Crippen molar-refractivity contribution in [1.82, 2.24) is 4.72 Å². The number of benzene rings is 1. The van der Waals surface area contributed by atoms with E-state index >= 15 is 0 Å². The van der Waals surface area contributed by atoms with Crippen LogP contribution in [0.3, 0.4) is 0 Å². The van der Waals surface area contributed by atoms with E-state index in [0.29, 0.717) is 11.3 Å². The Bertz CT molecular complexity index is 693. The van der Waals surface area contributed by atoms with Gasteiger partial charge in [0.05, 0.1) is 6.61 Å². The molecule has 0 aliphatic heterocycles. The molecule has 2 aromatic rings. The number of thiophene rings is 1. The Morgan fingerprint density at radius 2 is 1.95 bits per heavy atom. The van der Waals surface area contributed by atoms with E-state index in [1.807, 2.05) is 37.3 Å². The zero-order valence-electron chi connectivity index (χ0n) is 12.0. The molecule has 4 nitrogen and oxygen atoms in total. The summed E-state index contributed by atoms with van der Waals surface area (Å²) in [6, 6.07) is 10.9. The molecule has 0 aliphatic rings. The predicted molar refractivity (Wildman–Crippen MR) is 84.8 cm³/mol. The highest BCUT2D eigenvalue weighted by Crippen LogP contribution is 2.28. The lowest BCUT2D eigenvalue weighted by Gasteiger charge is -2.16. The van der Waals surface area contributed by atoms with Gasteiger partial charge in [0.25, 0.3) is 10.0 Å². The standard InChI is InChI=1S/C15H19NO3S2/c1-3-13(12-7-5-4-6-8-12)16-21(18,19)15-9-11(2)14(10-17)20-15/h4-9,13,16-17H,3,10H2,1-2H3. The first-order chi connectivity index (χ1) is 9.97. The maximum Gasteiger partial charge on any atom is 0.250 e. The molecule has 1 aromatic carbocycles. The van der Waals surface area contributed by atoms with E-state index in [1.54, 1.807) is 13.0 Å². The van der Waals surface area contributed by atoms with Crippen LogP contribution in [-0.2, 0) is 16.6 Å². The largest absolute Gasteiger partial charge is 0.391 e. The van der Waals surface area contributed by atoms with Crippen molar-refractivity contribution in [2.75, 3.05) is 0 Å². The summed E-state index contributed by atoms with van der Waals surface area (Å²) in [6.07, 6.45) is 0.667. The number of nitrogens with one attached hydrogen (secondary N) is 1. The smallest absolute Gasteiger partial charge is 0.250 e. The number of rotatable bonds is 6. The first-order valence-electron chi connectivity index (χ1n) is 6.75. The molecule has 2 N–H and O–H groups in total. The van der Waals surface area contributed by atoms with Gasteiger partial charge in [0.15, 0.2) is 0 Å². The monoisotopic (exact) mass is 325 g/mol. The average molecular weight is 325 g/mol. The predicted octanol–water partition coefficient (Wildman–Crippen LogP) is 2.98. The third-order valence-corrected chi connectivity index (χ3v) is 6.48. The lowest BCUT2D eigenvalue weighted by Crippen LogP contribution is -2.27. The molecule has 6 heteroatoms. The molecule has 1 atom stereocenters. The van der Waals surface area contributed by atoms with Gasteiger partial charge in [0.2, 0.25) is 0 Å². The summed E-state index contributed by atoms with van der Waals surface area (Å²) in [5.41, 5.74) is 1.75. The summed E-state index contributed by atoms with van der Waals surface area (Å²) in [4.78, 5) is 0.683. The molecule has 0 bridgehead atoms. The van der Waals surface area contributed by atoms with Gasteiger partial charge in [0, 0.05) is 10.9 Å². The third kappa shape index (κ3) is 3.71. The van der Waals surface area contributed by atoms with Crippen LogP contribution in [0.4, 0.5) is 0 Å². The van der Waals surface area contributed by atoms with E-state index in [-0.39, 0.29) is 16.9 Å². The van der Waals surface area contributed by atoms with Crippen molar-refractivity contribution in [1.29, 1.82) is 0 Å². The van der Waals surface area contributed by atoms with Crippen LogP contribution in [-0.4, -0.2) is 13.5 Å². The van der Waals surface area contributed by atoms with Crippen molar-refractivity contribution in [2.45, 2.75) is 37.1 Å². The second-order valence-electron chi connectivity index (χ2n) is 4.82. The average Bonchev–Trinajstić information content (AvgIpc) is 2.87. The highest BCUT2D eigenvalue weighted by molar-refractivity contribution is 7.91. The lowest BCUT2D eigenvalue weighted by atomic mass is 10.1. The summed E-state index contributed by atoms with van der Waals surface area (Å²) in [5, 5.41) is 9.20. The van der Waals surface area contributed by atoms with Crippen molar-refractivity contribution in [2.24, 2.45) is 0 Å². The van der Waals surface area contributed by atoms with Crippen molar-refractivity contribution in [3.05, 3.63) is 52.4 Å². The Kier molecular flexibility index (Phi) is 5.16. The van der Waals surface area contributed by atoms with Gasteiger partial charge >= 0.3 is 0 Å². The van der Waals surface area contributed by atoms with Gasteiger partial charge in [-0.1, -0.05) is 37.3 Å². The van der Waals surface area contributed by atoms with Crippen LogP contribution in [0.1, 0.15) is 35.4 Å². The topological polar surface area (TPSA) is 66.4 Å². The van der Waals surface area contributed by atoms with Gasteiger partial charge in [-0.15, -0.1) is 11.3 Å². The van der Waals surface area contributed by atoms with E-state index in [9.17, 15) is 13.5 Å². The first kappa shape index (κ1) is 16.2. The zero-order chi connectivity index (χ0) is 15.5. The van der Waals surface area contributed by atoms with Crippen molar-refractivity contribution in [3.8, 4) is 0 Å². The quantitative estimate of drug-likeness (QED) is 0.858. The van der Waals surface area contributed by atoms with E-state index in [0.717, 1.165) is 22.5 Å². The third-order valence-electron chi connectivity index (χ3n) is 3.31. The van der Waals surface area contributed by atoms with Gasteiger partial charge < -0.3 is 5.11 Å². The fraction of sp³-hybridized carbons (Fsp3) is 0.333. The fourth-order valence-electron chi connectivity index (χ4n) is 2.10. The second-order valence-corrected chi connectivity index (χ2v) is 7.90. The van der Waals surface area contributed by atoms with Crippen molar-refractivity contribution >= 4 is 21.4 Å². The number of aliphatic hydroxyl groups is 1. The van der Waals surface area contributed by atoms with E-state index in [2.05, 4.69) is 4.72 Å². The van der Waals surface area contributed by atoms with Crippen LogP contribution in [0.15, 0.2) is 40.6 Å². The van der Waals surface area contributed by atoms with Crippen LogP contribution in [0, 0.1) is 6.92 Å². The molecular weight excluding hydrogens is 306 g/mol. The number of aliphatic hydroxyl groups excluding tert-OH is 1. The Hall–Kier alpha value is -1.21. The first-order valence-corrected chi connectivity index (χ1v) is 9.05. The molecule has 0 saturated heterocycles. The molecule has 1 aromatic heterocycles. The van der Waals surface area contributed by atoms with Crippen molar-refractivity contribution in [3.63, 3.8) is 0 Å². The van der Waals surface area contributed by atoms with E-state index in [1.165, 1.54) is 0 Å². The maximum absolute atomic E-state index is 12.5. The highest BCUT2D eigenvalue weighted by Gasteiger charge is 2.23. The Morgan fingerprint density at radius 3 is 2.48 bits per heavy atom. The van der Waals surface area contributed by atoms with Gasteiger partial charge in [-0.25, -0.2) is 13.1 Å².